The van der Waals surface area contributed by atoms with Gasteiger partial charge in [-0.05, 0) is 36.1 Å². The van der Waals surface area contributed by atoms with Gasteiger partial charge in [-0.1, -0.05) is 61.0 Å². The van der Waals surface area contributed by atoms with Gasteiger partial charge in [0.05, 0.1) is 0 Å². The lowest BCUT2D eigenvalue weighted by atomic mass is 9.61. The zero-order chi connectivity index (χ0) is 19.1. The van der Waals surface area contributed by atoms with Gasteiger partial charge in [-0.25, -0.2) is 0 Å². The van der Waals surface area contributed by atoms with Crippen LogP contribution in [0.25, 0.3) is 6.08 Å². The second kappa shape index (κ2) is 6.62. The molecule has 1 saturated carbocycles. The summed E-state index contributed by atoms with van der Waals surface area (Å²) in [6, 6.07) is 17.6. The highest BCUT2D eigenvalue weighted by Gasteiger charge is 2.60. The molecule has 4 heteroatoms. The van der Waals surface area contributed by atoms with Crippen molar-refractivity contribution in [1.82, 2.24) is 5.32 Å². The number of amides is 1. The third kappa shape index (κ3) is 2.67. The Balaban J connectivity index is 1.55. The topological polar surface area (TPSA) is 55.4 Å². The first kappa shape index (κ1) is 17.2. The van der Waals surface area contributed by atoms with Gasteiger partial charge in [0.15, 0.2) is 11.5 Å². The van der Waals surface area contributed by atoms with Crippen LogP contribution in [-0.4, -0.2) is 17.4 Å². The molecule has 2 aliphatic heterocycles. The molecular formula is C24H23NO3. The SMILES string of the molecule is O=C(C=Cc1ccccc1)C1C(=O)NC23CCCCC2C1c1ccccc1O3. The molecule has 2 aromatic rings. The summed E-state index contributed by atoms with van der Waals surface area (Å²) >= 11 is 0. The summed E-state index contributed by atoms with van der Waals surface area (Å²) < 4.78 is 6.36. The van der Waals surface area contributed by atoms with Crippen LogP contribution in [0.4, 0.5) is 0 Å². The molecule has 4 atom stereocenters. The molecule has 2 aromatic carbocycles. The first-order valence-electron chi connectivity index (χ1n) is 10.0. The van der Waals surface area contributed by atoms with Crippen LogP contribution in [0.5, 0.6) is 5.75 Å². The van der Waals surface area contributed by atoms with E-state index in [1.165, 1.54) is 0 Å². The number of carbonyl (C=O) groups is 2. The van der Waals surface area contributed by atoms with Crippen molar-refractivity contribution >= 4 is 17.8 Å². The Labute approximate surface area is 164 Å². The predicted octanol–water partition coefficient (Wildman–Crippen LogP) is 4.08. The van der Waals surface area contributed by atoms with Gasteiger partial charge >= 0.3 is 0 Å². The van der Waals surface area contributed by atoms with Crippen LogP contribution in [0.1, 0.15) is 42.7 Å². The van der Waals surface area contributed by atoms with E-state index in [4.69, 9.17) is 4.74 Å². The number of piperidine rings is 1. The van der Waals surface area contributed by atoms with E-state index in [-0.39, 0.29) is 23.5 Å². The van der Waals surface area contributed by atoms with Crippen LogP contribution in [0.15, 0.2) is 60.7 Å². The maximum atomic E-state index is 13.2. The molecule has 1 saturated heterocycles. The van der Waals surface area contributed by atoms with Gasteiger partial charge in [-0.2, -0.15) is 0 Å². The summed E-state index contributed by atoms with van der Waals surface area (Å²) in [7, 11) is 0. The maximum absolute atomic E-state index is 13.2. The number of carbonyl (C=O) groups excluding carboxylic acids is 2. The average molecular weight is 373 g/mol. The van der Waals surface area contributed by atoms with E-state index in [0.717, 1.165) is 42.6 Å². The van der Waals surface area contributed by atoms with Crippen LogP contribution in [-0.2, 0) is 9.59 Å². The van der Waals surface area contributed by atoms with E-state index in [1.54, 1.807) is 12.2 Å². The molecule has 2 fully saturated rings. The van der Waals surface area contributed by atoms with Crippen LogP contribution in [0.2, 0.25) is 0 Å². The van der Waals surface area contributed by atoms with E-state index >= 15 is 0 Å². The van der Waals surface area contributed by atoms with Crippen LogP contribution in [0.3, 0.4) is 0 Å². The van der Waals surface area contributed by atoms with Gasteiger partial charge in [0, 0.05) is 18.3 Å². The molecule has 4 unspecified atom stereocenters. The highest BCUT2D eigenvalue weighted by Crippen LogP contribution is 2.55. The fourth-order valence-electron chi connectivity index (χ4n) is 5.22. The zero-order valence-electron chi connectivity index (χ0n) is 15.6. The zero-order valence-corrected chi connectivity index (χ0v) is 15.6. The Morgan fingerprint density at radius 1 is 1.07 bits per heavy atom. The lowest BCUT2D eigenvalue weighted by molar-refractivity contribution is -0.160. The summed E-state index contributed by atoms with van der Waals surface area (Å²) in [5.41, 5.74) is 1.28. The first-order chi connectivity index (χ1) is 13.7. The molecular weight excluding hydrogens is 350 g/mol. The number of hydrogen-bond donors (Lipinski definition) is 1. The van der Waals surface area contributed by atoms with Gasteiger partial charge in [0.2, 0.25) is 5.91 Å². The minimum Gasteiger partial charge on any atom is -0.467 e. The van der Waals surface area contributed by atoms with E-state index in [0.29, 0.717) is 0 Å². The Kier molecular flexibility index (Phi) is 4.08. The number of fused-ring (bicyclic) bond motifs is 2. The molecule has 1 amide bonds. The van der Waals surface area contributed by atoms with E-state index in [2.05, 4.69) is 5.32 Å². The summed E-state index contributed by atoms with van der Waals surface area (Å²) in [4.78, 5) is 26.2. The quantitative estimate of drug-likeness (QED) is 0.652. The van der Waals surface area contributed by atoms with Crippen molar-refractivity contribution < 1.29 is 14.3 Å². The normalized spacial score (nSPS) is 30.7. The summed E-state index contributed by atoms with van der Waals surface area (Å²) in [6.07, 6.45) is 7.25. The largest absolute Gasteiger partial charge is 0.467 e. The van der Waals surface area contributed by atoms with Gasteiger partial charge in [0.25, 0.3) is 0 Å². The van der Waals surface area contributed by atoms with Gasteiger partial charge < -0.3 is 10.1 Å². The summed E-state index contributed by atoms with van der Waals surface area (Å²) in [5.74, 6) is -0.251. The number of ketones is 1. The molecule has 0 aromatic heterocycles. The molecule has 0 radical (unpaired) electrons. The average Bonchev–Trinajstić information content (AvgIpc) is 2.72. The minimum absolute atomic E-state index is 0.132. The fraction of sp³-hybridized carbons (Fsp3) is 0.333. The van der Waals surface area contributed by atoms with E-state index < -0.39 is 11.6 Å². The van der Waals surface area contributed by atoms with Crippen molar-refractivity contribution in [1.29, 1.82) is 0 Å². The predicted molar refractivity (Wildman–Crippen MR) is 107 cm³/mol. The van der Waals surface area contributed by atoms with Crippen LogP contribution in [0, 0.1) is 11.8 Å². The molecule has 1 aliphatic carbocycles. The number of para-hydroxylation sites is 1. The summed E-state index contributed by atoms with van der Waals surface area (Å²) in [5, 5.41) is 3.12. The smallest absolute Gasteiger partial charge is 0.234 e. The monoisotopic (exact) mass is 373 g/mol. The lowest BCUT2D eigenvalue weighted by Gasteiger charge is -2.56. The van der Waals surface area contributed by atoms with Crippen molar-refractivity contribution in [2.24, 2.45) is 11.8 Å². The number of nitrogens with one attached hydrogen (secondary N) is 1. The summed E-state index contributed by atoms with van der Waals surface area (Å²) in [6.45, 7) is 0. The van der Waals surface area contributed by atoms with Gasteiger partial charge in [-0.3, -0.25) is 9.59 Å². The number of rotatable bonds is 3. The van der Waals surface area contributed by atoms with Crippen molar-refractivity contribution in [3.8, 4) is 5.75 Å². The van der Waals surface area contributed by atoms with Crippen molar-refractivity contribution in [2.75, 3.05) is 0 Å². The first-order valence-corrected chi connectivity index (χ1v) is 10.0. The number of hydrogen-bond acceptors (Lipinski definition) is 3. The molecule has 2 heterocycles. The van der Waals surface area contributed by atoms with Crippen LogP contribution < -0.4 is 10.1 Å². The van der Waals surface area contributed by atoms with E-state index in [1.807, 2.05) is 54.6 Å². The fourth-order valence-corrected chi connectivity index (χ4v) is 5.22. The number of benzene rings is 2. The third-order valence-corrected chi connectivity index (χ3v) is 6.44. The highest BCUT2D eigenvalue weighted by atomic mass is 16.5. The third-order valence-electron chi connectivity index (χ3n) is 6.44. The van der Waals surface area contributed by atoms with Crippen LogP contribution >= 0.6 is 0 Å². The molecule has 28 heavy (non-hydrogen) atoms. The molecule has 142 valence electrons. The maximum Gasteiger partial charge on any atom is 0.234 e. The molecule has 5 rings (SSSR count). The number of ether oxygens (including phenoxy) is 1. The highest BCUT2D eigenvalue weighted by molar-refractivity contribution is 6.10. The van der Waals surface area contributed by atoms with Crippen molar-refractivity contribution in [2.45, 2.75) is 37.3 Å². The standard InChI is InChI=1S/C24H23NO3/c26-19(14-13-16-8-2-1-3-9-16)22-21-17-10-4-5-12-20(17)28-24(25-23(22)27)15-7-6-11-18(21)24/h1-5,8-10,12-14,18,21-22H,6-7,11,15H2,(H,25,27). The molecule has 0 spiro atoms. The second-order valence-corrected chi connectivity index (χ2v) is 8.02. The lowest BCUT2D eigenvalue weighted by Crippen LogP contribution is -2.69. The molecule has 2 bridgehead atoms. The molecule has 3 aliphatic rings. The van der Waals surface area contributed by atoms with Gasteiger partial charge in [-0.15, -0.1) is 0 Å². The second-order valence-electron chi connectivity index (χ2n) is 8.02. The van der Waals surface area contributed by atoms with Crippen molar-refractivity contribution in [3.63, 3.8) is 0 Å². The Morgan fingerprint density at radius 3 is 2.71 bits per heavy atom. The number of allylic oxidation sites excluding steroid dienone is 1. The van der Waals surface area contributed by atoms with E-state index in [9.17, 15) is 9.59 Å². The molecule has 4 nitrogen and oxygen atoms in total. The molecule has 1 N–H and O–H groups in total. The minimum atomic E-state index is -0.707. The Hall–Kier alpha value is -2.88. The Morgan fingerprint density at radius 2 is 1.86 bits per heavy atom. The Bertz CT molecular complexity index is 951. The van der Waals surface area contributed by atoms with Crippen molar-refractivity contribution in [3.05, 3.63) is 71.8 Å². The van der Waals surface area contributed by atoms with Gasteiger partial charge in [0.1, 0.15) is 11.7 Å².